The van der Waals surface area contributed by atoms with Gasteiger partial charge in [-0.25, -0.2) is 0 Å². The van der Waals surface area contributed by atoms with Gasteiger partial charge < -0.3 is 24.2 Å². The predicted octanol–water partition coefficient (Wildman–Crippen LogP) is 6.02. The zero-order valence-electron chi connectivity index (χ0n) is 23.3. The Morgan fingerprint density at radius 1 is 0.923 bits per heavy atom. The van der Waals surface area contributed by atoms with Crippen molar-refractivity contribution in [1.29, 1.82) is 0 Å². The minimum Gasteiger partial charge on any atom is -0.507 e. The molecule has 1 amide bonds. The molecule has 39 heavy (non-hydrogen) atoms. The second-order valence-electron chi connectivity index (χ2n) is 10.4. The maximum Gasteiger partial charge on any atom is 0.295 e. The lowest BCUT2D eigenvalue weighted by Crippen LogP contribution is -2.29. The van der Waals surface area contributed by atoms with Crippen molar-refractivity contribution in [1.82, 2.24) is 4.90 Å². The van der Waals surface area contributed by atoms with Crippen LogP contribution in [0.4, 0.5) is 0 Å². The van der Waals surface area contributed by atoms with Crippen LogP contribution < -0.4 is 14.2 Å². The molecule has 3 aromatic carbocycles. The van der Waals surface area contributed by atoms with Gasteiger partial charge >= 0.3 is 0 Å². The Hall–Kier alpha value is -4.26. The molecule has 0 radical (unpaired) electrons. The number of ether oxygens (including phenoxy) is 3. The van der Waals surface area contributed by atoms with Crippen molar-refractivity contribution in [2.75, 3.05) is 20.8 Å². The lowest BCUT2D eigenvalue weighted by Gasteiger charge is -2.26. The van der Waals surface area contributed by atoms with Gasteiger partial charge in [0.25, 0.3) is 11.7 Å². The number of carbonyl (C=O) groups is 2. The highest BCUT2D eigenvalue weighted by Gasteiger charge is 2.46. The quantitative estimate of drug-likeness (QED) is 0.218. The number of Topliss-reactive ketones (excluding diaryl/α,β-unsaturated/α-hetero) is 1. The number of methoxy groups -OCH3 is 2. The number of ketones is 1. The average Bonchev–Trinajstić information content (AvgIpc) is 3.17. The van der Waals surface area contributed by atoms with E-state index in [1.165, 1.54) is 4.90 Å². The van der Waals surface area contributed by atoms with Crippen molar-refractivity contribution in [3.8, 4) is 17.2 Å². The Morgan fingerprint density at radius 2 is 1.64 bits per heavy atom. The summed E-state index contributed by atoms with van der Waals surface area (Å²) in [6, 6.07) is 19.1. The third-order valence-electron chi connectivity index (χ3n) is 6.81. The van der Waals surface area contributed by atoms with Crippen LogP contribution in [0.25, 0.3) is 5.76 Å². The standard InChI is InChI=1S/C32H35NO6/c1-7-39-24-10-8-9-20(17-24)19-33-28(21-11-14-23(37-5)15-12-21)27(30(35)31(33)36)29(34)22-13-16-26(38-6)25(18-22)32(2,3)4/h8-18,28,34H,7,19H2,1-6H3/b29-27-. The van der Waals surface area contributed by atoms with E-state index in [1.807, 2.05) is 58.0 Å². The molecule has 7 nitrogen and oxygen atoms in total. The molecule has 204 valence electrons. The van der Waals surface area contributed by atoms with Crippen LogP contribution in [0, 0.1) is 0 Å². The first kappa shape index (κ1) is 27.8. The largest absolute Gasteiger partial charge is 0.507 e. The molecule has 1 aliphatic heterocycles. The monoisotopic (exact) mass is 529 g/mol. The number of hydrogen-bond acceptors (Lipinski definition) is 6. The summed E-state index contributed by atoms with van der Waals surface area (Å²) in [6.07, 6.45) is 0. The molecule has 0 bridgehead atoms. The van der Waals surface area contributed by atoms with Gasteiger partial charge in [-0.1, -0.05) is 45.0 Å². The number of aliphatic hydroxyl groups is 1. The summed E-state index contributed by atoms with van der Waals surface area (Å²) >= 11 is 0. The van der Waals surface area contributed by atoms with E-state index in [4.69, 9.17) is 14.2 Å². The molecule has 0 saturated carbocycles. The summed E-state index contributed by atoms with van der Waals surface area (Å²) in [6.45, 7) is 8.70. The summed E-state index contributed by atoms with van der Waals surface area (Å²) in [5, 5.41) is 11.6. The van der Waals surface area contributed by atoms with Crippen LogP contribution in [0.5, 0.6) is 17.2 Å². The third-order valence-corrected chi connectivity index (χ3v) is 6.81. The van der Waals surface area contributed by atoms with Gasteiger partial charge in [-0.2, -0.15) is 0 Å². The van der Waals surface area contributed by atoms with Crippen molar-refractivity contribution < 1.29 is 28.9 Å². The van der Waals surface area contributed by atoms with Crippen molar-refractivity contribution in [3.05, 3.63) is 94.6 Å². The van der Waals surface area contributed by atoms with Gasteiger partial charge in [0.2, 0.25) is 0 Å². The number of aliphatic hydroxyl groups excluding tert-OH is 1. The van der Waals surface area contributed by atoms with Crippen molar-refractivity contribution >= 4 is 17.4 Å². The molecule has 0 spiro atoms. The number of carbonyl (C=O) groups excluding carboxylic acids is 2. The Kier molecular flexibility index (Phi) is 8.00. The van der Waals surface area contributed by atoms with Crippen LogP contribution in [-0.4, -0.2) is 42.5 Å². The highest BCUT2D eigenvalue weighted by Crippen LogP contribution is 2.42. The van der Waals surface area contributed by atoms with Crippen LogP contribution in [0.1, 0.15) is 56.0 Å². The SMILES string of the molecule is CCOc1cccc(CN2C(=O)C(=O)/C(=C(\O)c3ccc(OC)c(C(C)(C)C)c3)C2c2ccc(OC)cc2)c1. The molecular weight excluding hydrogens is 494 g/mol. The molecule has 1 atom stereocenters. The van der Waals surface area contributed by atoms with Crippen molar-refractivity contribution in [3.63, 3.8) is 0 Å². The summed E-state index contributed by atoms with van der Waals surface area (Å²) < 4.78 is 16.5. The smallest absolute Gasteiger partial charge is 0.295 e. The van der Waals surface area contributed by atoms with Crippen molar-refractivity contribution in [2.45, 2.75) is 45.7 Å². The van der Waals surface area contributed by atoms with Gasteiger partial charge in [0.1, 0.15) is 23.0 Å². The third kappa shape index (κ3) is 5.62. The lowest BCUT2D eigenvalue weighted by atomic mass is 9.84. The van der Waals surface area contributed by atoms with Gasteiger partial charge in [-0.3, -0.25) is 9.59 Å². The molecule has 1 fully saturated rings. The average molecular weight is 530 g/mol. The van der Waals surface area contributed by atoms with Gasteiger partial charge in [-0.05, 0) is 65.9 Å². The second-order valence-corrected chi connectivity index (χ2v) is 10.4. The summed E-state index contributed by atoms with van der Waals surface area (Å²) in [5.41, 5.74) is 2.56. The Bertz CT molecular complexity index is 1400. The molecule has 0 aromatic heterocycles. The van der Waals surface area contributed by atoms with E-state index in [0.29, 0.717) is 35.0 Å². The number of amides is 1. The minimum atomic E-state index is -0.799. The maximum absolute atomic E-state index is 13.5. The number of benzene rings is 3. The van der Waals surface area contributed by atoms with E-state index >= 15 is 0 Å². The molecule has 1 heterocycles. The van der Waals surface area contributed by atoms with Gasteiger partial charge in [0.05, 0.1) is 32.4 Å². The highest BCUT2D eigenvalue weighted by atomic mass is 16.5. The van der Waals surface area contributed by atoms with E-state index in [-0.39, 0.29) is 23.3 Å². The minimum absolute atomic E-state index is 0.0381. The topological polar surface area (TPSA) is 85.3 Å². The molecule has 0 aliphatic carbocycles. The first-order valence-corrected chi connectivity index (χ1v) is 12.9. The number of rotatable bonds is 8. The first-order valence-electron chi connectivity index (χ1n) is 12.9. The van der Waals surface area contributed by atoms with E-state index in [0.717, 1.165) is 11.1 Å². The Labute approximate surface area is 229 Å². The second kappa shape index (κ2) is 11.2. The fraction of sp³-hybridized carbons (Fsp3) is 0.312. The molecule has 3 aromatic rings. The van der Waals surface area contributed by atoms with Gasteiger partial charge in [0, 0.05) is 17.7 Å². The Morgan fingerprint density at radius 3 is 2.26 bits per heavy atom. The fourth-order valence-corrected chi connectivity index (χ4v) is 4.87. The number of hydrogen-bond donors (Lipinski definition) is 1. The van der Waals surface area contributed by atoms with E-state index in [9.17, 15) is 14.7 Å². The van der Waals surface area contributed by atoms with Crippen LogP contribution in [0.2, 0.25) is 0 Å². The molecule has 1 N–H and O–H groups in total. The van der Waals surface area contributed by atoms with Gasteiger partial charge in [-0.15, -0.1) is 0 Å². The lowest BCUT2D eigenvalue weighted by molar-refractivity contribution is -0.140. The Balaban J connectivity index is 1.86. The molecule has 1 unspecified atom stereocenters. The zero-order chi connectivity index (χ0) is 28.3. The zero-order valence-corrected chi connectivity index (χ0v) is 23.3. The number of likely N-dealkylation sites (tertiary alicyclic amines) is 1. The van der Waals surface area contributed by atoms with Crippen LogP contribution in [0.3, 0.4) is 0 Å². The van der Waals surface area contributed by atoms with E-state index in [1.54, 1.807) is 50.6 Å². The predicted molar refractivity (Wildman–Crippen MR) is 150 cm³/mol. The first-order chi connectivity index (χ1) is 18.6. The van der Waals surface area contributed by atoms with Gasteiger partial charge in [0.15, 0.2) is 0 Å². The van der Waals surface area contributed by atoms with Crippen molar-refractivity contribution in [2.24, 2.45) is 0 Å². The fourth-order valence-electron chi connectivity index (χ4n) is 4.87. The van der Waals surface area contributed by atoms with Crippen LogP contribution in [-0.2, 0) is 21.5 Å². The number of nitrogens with zero attached hydrogens (tertiary/aromatic N) is 1. The molecule has 4 rings (SSSR count). The normalized spacial score (nSPS) is 16.9. The molecule has 1 aliphatic rings. The van der Waals surface area contributed by atoms with Crippen LogP contribution >= 0.6 is 0 Å². The summed E-state index contributed by atoms with van der Waals surface area (Å²) in [4.78, 5) is 28.5. The highest BCUT2D eigenvalue weighted by molar-refractivity contribution is 6.46. The molecule has 1 saturated heterocycles. The maximum atomic E-state index is 13.5. The van der Waals surface area contributed by atoms with E-state index in [2.05, 4.69) is 0 Å². The summed E-state index contributed by atoms with van der Waals surface area (Å²) in [7, 11) is 3.17. The molecular formula is C32H35NO6. The van der Waals surface area contributed by atoms with Crippen LogP contribution in [0.15, 0.2) is 72.3 Å². The van der Waals surface area contributed by atoms with E-state index < -0.39 is 17.7 Å². The summed E-state index contributed by atoms with van der Waals surface area (Å²) in [5.74, 6) is 0.366. The molecule has 7 heteroatoms.